The zero-order valence-corrected chi connectivity index (χ0v) is 12.7. The summed E-state index contributed by atoms with van der Waals surface area (Å²) in [6, 6.07) is 2.00. The van der Waals surface area contributed by atoms with E-state index in [0.29, 0.717) is 9.99 Å². The van der Waals surface area contributed by atoms with Gasteiger partial charge in [0.2, 0.25) is 0 Å². The molecule has 2 aromatic heterocycles. The molecule has 0 unspecified atom stereocenters. The average Bonchev–Trinajstić information content (AvgIpc) is 2.95. The Balaban J connectivity index is 2.23. The molecular weight excluding hydrogens is 358 g/mol. The molecular formula is C12H12BrN5O4. The van der Waals surface area contributed by atoms with Crippen molar-refractivity contribution in [2.75, 3.05) is 12.3 Å². The molecule has 1 fully saturated rings. The van der Waals surface area contributed by atoms with Gasteiger partial charge in [0.05, 0.1) is 17.6 Å². The fourth-order valence-corrected chi connectivity index (χ4v) is 3.21. The molecule has 2 aromatic rings. The van der Waals surface area contributed by atoms with Crippen LogP contribution in [0.25, 0.3) is 11.0 Å². The van der Waals surface area contributed by atoms with Crippen molar-refractivity contribution < 1.29 is 20.1 Å². The average molecular weight is 370 g/mol. The molecule has 0 amide bonds. The maximum atomic E-state index is 10.2. The first-order valence-corrected chi connectivity index (χ1v) is 7.13. The molecule has 9 nitrogen and oxygen atoms in total. The third-order valence-electron chi connectivity index (χ3n) is 3.64. The summed E-state index contributed by atoms with van der Waals surface area (Å²) in [7, 11) is 0. The van der Waals surface area contributed by atoms with E-state index in [1.807, 2.05) is 6.07 Å². The number of nitrogens with two attached hydrogens (primary N) is 1. The van der Waals surface area contributed by atoms with Crippen molar-refractivity contribution in [3.8, 4) is 6.07 Å². The standard InChI is InChI=1S/C12H12BrN5O4/c13-9-4(1-14)6-10(15)16-3-17-11(6)18(9)12-8(21)7(20)5(2-19)22-12/h3,5,7-8,12,19-21H,2H2,(H2,15,16,17)/t5-,7+,8-,12-/m0/s1. The van der Waals surface area contributed by atoms with Crippen LogP contribution in [0.5, 0.6) is 0 Å². The highest BCUT2D eigenvalue weighted by Crippen LogP contribution is 2.39. The number of halogens is 1. The summed E-state index contributed by atoms with van der Waals surface area (Å²) in [4.78, 5) is 7.93. The van der Waals surface area contributed by atoms with Crippen LogP contribution in [0.15, 0.2) is 10.9 Å². The molecule has 5 N–H and O–H groups in total. The second-order valence-electron chi connectivity index (χ2n) is 4.83. The van der Waals surface area contributed by atoms with E-state index in [9.17, 15) is 20.6 Å². The molecule has 4 atom stereocenters. The maximum Gasteiger partial charge on any atom is 0.165 e. The van der Waals surface area contributed by atoms with Crippen molar-refractivity contribution in [1.82, 2.24) is 14.5 Å². The van der Waals surface area contributed by atoms with Gasteiger partial charge in [-0.25, -0.2) is 9.97 Å². The summed E-state index contributed by atoms with van der Waals surface area (Å²) < 4.78 is 7.19. The molecule has 0 radical (unpaired) electrons. The van der Waals surface area contributed by atoms with Gasteiger partial charge in [-0.2, -0.15) is 5.26 Å². The Bertz CT molecular complexity index is 773. The third-order valence-corrected chi connectivity index (χ3v) is 4.41. The van der Waals surface area contributed by atoms with Crippen LogP contribution in [0, 0.1) is 11.3 Å². The Kier molecular flexibility index (Phi) is 3.75. The number of hydrogen-bond acceptors (Lipinski definition) is 8. The van der Waals surface area contributed by atoms with Crippen LogP contribution in [0.3, 0.4) is 0 Å². The molecule has 1 aliphatic heterocycles. The van der Waals surface area contributed by atoms with Gasteiger partial charge in [0, 0.05) is 0 Å². The first-order valence-electron chi connectivity index (χ1n) is 6.33. The number of anilines is 1. The number of rotatable bonds is 2. The molecule has 0 spiro atoms. The first-order chi connectivity index (χ1) is 10.5. The molecule has 1 saturated heterocycles. The zero-order chi connectivity index (χ0) is 16.0. The topological polar surface area (TPSA) is 150 Å². The molecule has 10 heteroatoms. The highest BCUT2D eigenvalue weighted by Gasteiger charge is 2.45. The number of aliphatic hydroxyl groups is 3. The Morgan fingerprint density at radius 3 is 2.73 bits per heavy atom. The second-order valence-corrected chi connectivity index (χ2v) is 5.59. The van der Waals surface area contributed by atoms with Gasteiger partial charge in [-0.05, 0) is 15.9 Å². The summed E-state index contributed by atoms with van der Waals surface area (Å²) >= 11 is 3.27. The van der Waals surface area contributed by atoms with Crippen molar-refractivity contribution in [2.24, 2.45) is 0 Å². The number of fused-ring (bicyclic) bond motifs is 1. The van der Waals surface area contributed by atoms with Crippen LogP contribution in [-0.4, -0.2) is 54.8 Å². The molecule has 1 aliphatic rings. The highest BCUT2D eigenvalue weighted by atomic mass is 79.9. The predicted molar refractivity (Wildman–Crippen MR) is 77.4 cm³/mol. The Hall–Kier alpha value is -1.77. The quantitative estimate of drug-likeness (QED) is 0.540. The minimum Gasteiger partial charge on any atom is -0.394 e. The molecule has 3 rings (SSSR count). The van der Waals surface area contributed by atoms with E-state index in [0.717, 1.165) is 0 Å². The van der Waals surface area contributed by atoms with Gasteiger partial charge in [0.1, 0.15) is 46.8 Å². The van der Waals surface area contributed by atoms with Crippen LogP contribution in [0.2, 0.25) is 0 Å². The number of nitrogens with zero attached hydrogens (tertiary/aromatic N) is 4. The van der Waals surface area contributed by atoms with Crippen molar-refractivity contribution in [3.05, 3.63) is 16.5 Å². The smallest absolute Gasteiger partial charge is 0.165 e. The van der Waals surface area contributed by atoms with E-state index < -0.39 is 31.1 Å². The van der Waals surface area contributed by atoms with Crippen molar-refractivity contribution in [3.63, 3.8) is 0 Å². The lowest BCUT2D eigenvalue weighted by molar-refractivity contribution is -0.0518. The summed E-state index contributed by atoms with van der Waals surface area (Å²) in [5, 5.41) is 38.9. The number of nitriles is 1. The van der Waals surface area contributed by atoms with Crippen LogP contribution in [-0.2, 0) is 4.74 Å². The molecule has 3 heterocycles. The number of aromatic nitrogens is 3. The SMILES string of the molecule is N#Cc1c(Br)n([C@H]2O[C@@H](CO)[C@@H](O)[C@@H]2O)c2ncnc(N)c12. The minimum absolute atomic E-state index is 0.118. The van der Waals surface area contributed by atoms with Gasteiger partial charge < -0.3 is 25.8 Å². The number of nitrogen functional groups attached to an aromatic ring is 1. The van der Waals surface area contributed by atoms with Gasteiger partial charge >= 0.3 is 0 Å². The number of hydrogen-bond donors (Lipinski definition) is 4. The van der Waals surface area contributed by atoms with E-state index in [-0.39, 0.29) is 17.0 Å². The molecule has 0 aliphatic carbocycles. The van der Waals surface area contributed by atoms with E-state index >= 15 is 0 Å². The third kappa shape index (κ3) is 1.98. The summed E-state index contributed by atoms with van der Waals surface area (Å²) in [5.41, 5.74) is 6.28. The van der Waals surface area contributed by atoms with Gasteiger partial charge in [0.25, 0.3) is 0 Å². The number of aliphatic hydroxyl groups excluding tert-OH is 3. The molecule has 22 heavy (non-hydrogen) atoms. The summed E-state index contributed by atoms with van der Waals surface area (Å²) in [6.07, 6.45) is -3.30. The molecule has 116 valence electrons. The van der Waals surface area contributed by atoms with Gasteiger partial charge in [-0.1, -0.05) is 0 Å². The lowest BCUT2D eigenvalue weighted by Crippen LogP contribution is -2.33. The van der Waals surface area contributed by atoms with Crippen molar-refractivity contribution in [1.29, 1.82) is 5.26 Å². The predicted octanol–water partition coefficient (Wildman–Crippen LogP) is -0.741. The lowest BCUT2D eigenvalue weighted by atomic mass is 10.1. The monoisotopic (exact) mass is 369 g/mol. The molecule has 0 saturated carbocycles. The van der Waals surface area contributed by atoms with Crippen molar-refractivity contribution >= 4 is 32.8 Å². The fourth-order valence-electron chi connectivity index (χ4n) is 2.56. The fraction of sp³-hybridized carbons (Fsp3) is 0.417. The normalized spacial score (nSPS) is 28.1. The molecule has 0 aromatic carbocycles. The Morgan fingerprint density at radius 1 is 1.41 bits per heavy atom. The van der Waals surface area contributed by atoms with E-state index in [2.05, 4.69) is 25.9 Å². The number of ether oxygens (including phenoxy) is 1. The first kappa shape index (κ1) is 15.1. The highest BCUT2D eigenvalue weighted by molar-refractivity contribution is 9.10. The van der Waals surface area contributed by atoms with Gasteiger partial charge in [-0.3, -0.25) is 4.57 Å². The second kappa shape index (κ2) is 5.45. The largest absolute Gasteiger partial charge is 0.394 e. The van der Waals surface area contributed by atoms with E-state index in [4.69, 9.17) is 10.5 Å². The zero-order valence-electron chi connectivity index (χ0n) is 11.1. The van der Waals surface area contributed by atoms with Gasteiger partial charge in [-0.15, -0.1) is 0 Å². The van der Waals surface area contributed by atoms with E-state index in [1.54, 1.807) is 0 Å². The Labute approximate surface area is 132 Å². The van der Waals surface area contributed by atoms with Crippen LogP contribution < -0.4 is 5.73 Å². The van der Waals surface area contributed by atoms with Crippen LogP contribution >= 0.6 is 15.9 Å². The Morgan fingerprint density at radius 2 is 2.14 bits per heavy atom. The molecule has 0 bridgehead atoms. The summed E-state index contributed by atoms with van der Waals surface area (Å²) in [6.45, 7) is -0.451. The van der Waals surface area contributed by atoms with Crippen LogP contribution in [0.4, 0.5) is 5.82 Å². The van der Waals surface area contributed by atoms with Crippen molar-refractivity contribution in [2.45, 2.75) is 24.5 Å². The van der Waals surface area contributed by atoms with Gasteiger partial charge in [0.15, 0.2) is 6.23 Å². The minimum atomic E-state index is -1.30. The maximum absolute atomic E-state index is 10.2. The summed E-state index contributed by atoms with van der Waals surface area (Å²) in [5.74, 6) is 0.118. The lowest BCUT2D eigenvalue weighted by Gasteiger charge is -2.18. The van der Waals surface area contributed by atoms with Crippen LogP contribution in [0.1, 0.15) is 11.8 Å². The van der Waals surface area contributed by atoms with E-state index in [1.165, 1.54) is 10.9 Å².